The van der Waals surface area contributed by atoms with Gasteiger partial charge in [0.2, 0.25) is 5.91 Å². The van der Waals surface area contributed by atoms with Crippen molar-refractivity contribution in [2.75, 3.05) is 13.1 Å². The maximum atomic E-state index is 11.1. The zero-order chi connectivity index (χ0) is 11.7. The quantitative estimate of drug-likeness (QED) is 0.714. The molecule has 2 saturated heterocycles. The molecule has 2 aliphatic heterocycles. The van der Waals surface area contributed by atoms with Crippen LogP contribution in [0.2, 0.25) is 0 Å². The molecule has 16 heavy (non-hydrogen) atoms. The van der Waals surface area contributed by atoms with Crippen molar-refractivity contribution in [3.8, 4) is 0 Å². The third kappa shape index (κ3) is 2.19. The minimum atomic E-state index is -0.741. The standard InChI is InChI=1S/C11H18N2O3/c1-7-4-5-13(10(7)11(15)16)6-8-2-3-9(14)12-8/h7-8,10H,2-6H2,1H3,(H,12,14)(H,15,16). The molecule has 2 fully saturated rings. The summed E-state index contributed by atoms with van der Waals surface area (Å²) in [7, 11) is 0. The Morgan fingerprint density at radius 2 is 2.31 bits per heavy atom. The average molecular weight is 226 g/mol. The Balaban J connectivity index is 1.94. The Kier molecular flexibility index (Phi) is 3.14. The number of amides is 1. The van der Waals surface area contributed by atoms with E-state index in [0.29, 0.717) is 13.0 Å². The Bertz CT molecular complexity index is 306. The van der Waals surface area contributed by atoms with Gasteiger partial charge in [0, 0.05) is 19.0 Å². The Hall–Kier alpha value is -1.10. The number of carbonyl (C=O) groups is 2. The van der Waals surface area contributed by atoms with Gasteiger partial charge in [-0.05, 0) is 25.3 Å². The highest BCUT2D eigenvalue weighted by atomic mass is 16.4. The third-order valence-electron chi connectivity index (χ3n) is 3.60. The minimum Gasteiger partial charge on any atom is -0.480 e. The van der Waals surface area contributed by atoms with Crippen molar-refractivity contribution in [1.29, 1.82) is 0 Å². The van der Waals surface area contributed by atoms with Crippen LogP contribution in [0.25, 0.3) is 0 Å². The van der Waals surface area contributed by atoms with E-state index in [1.807, 2.05) is 11.8 Å². The Labute approximate surface area is 94.8 Å². The smallest absolute Gasteiger partial charge is 0.321 e. The zero-order valence-electron chi connectivity index (χ0n) is 9.48. The molecule has 2 aliphatic rings. The van der Waals surface area contributed by atoms with Crippen molar-refractivity contribution in [3.05, 3.63) is 0 Å². The molecule has 2 heterocycles. The molecule has 5 nitrogen and oxygen atoms in total. The number of likely N-dealkylation sites (tertiary alicyclic amines) is 1. The van der Waals surface area contributed by atoms with Gasteiger partial charge in [-0.15, -0.1) is 0 Å². The average Bonchev–Trinajstić information content (AvgIpc) is 2.74. The van der Waals surface area contributed by atoms with E-state index in [-0.39, 0.29) is 23.9 Å². The topological polar surface area (TPSA) is 69.6 Å². The summed E-state index contributed by atoms with van der Waals surface area (Å²) in [6.07, 6.45) is 2.33. The van der Waals surface area contributed by atoms with E-state index in [2.05, 4.69) is 5.32 Å². The van der Waals surface area contributed by atoms with Gasteiger partial charge in [-0.3, -0.25) is 14.5 Å². The molecule has 0 bridgehead atoms. The molecule has 0 aromatic rings. The third-order valence-corrected chi connectivity index (χ3v) is 3.60. The van der Waals surface area contributed by atoms with Gasteiger partial charge < -0.3 is 10.4 Å². The molecule has 0 spiro atoms. The van der Waals surface area contributed by atoms with Crippen LogP contribution in [0, 0.1) is 5.92 Å². The van der Waals surface area contributed by atoms with Crippen LogP contribution in [0.15, 0.2) is 0 Å². The van der Waals surface area contributed by atoms with Gasteiger partial charge in [0.1, 0.15) is 6.04 Å². The molecule has 0 aromatic heterocycles. The molecular weight excluding hydrogens is 208 g/mol. The highest BCUT2D eigenvalue weighted by Crippen LogP contribution is 2.25. The van der Waals surface area contributed by atoms with Gasteiger partial charge in [-0.2, -0.15) is 0 Å². The maximum absolute atomic E-state index is 11.1. The predicted octanol–water partition coefficient (Wildman–Crippen LogP) is 0.0600. The lowest BCUT2D eigenvalue weighted by Gasteiger charge is -2.25. The number of hydrogen-bond donors (Lipinski definition) is 2. The molecule has 0 saturated carbocycles. The largest absolute Gasteiger partial charge is 0.480 e. The van der Waals surface area contributed by atoms with Gasteiger partial charge in [0.25, 0.3) is 0 Å². The molecule has 1 amide bonds. The van der Waals surface area contributed by atoms with Crippen molar-refractivity contribution in [2.45, 2.75) is 38.3 Å². The zero-order valence-corrected chi connectivity index (χ0v) is 9.48. The van der Waals surface area contributed by atoms with Crippen molar-refractivity contribution in [2.24, 2.45) is 5.92 Å². The number of carboxylic acids is 1. The van der Waals surface area contributed by atoms with Gasteiger partial charge in [0.05, 0.1) is 0 Å². The number of carboxylic acid groups (broad SMARTS) is 1. The van der Waals surface area contributed by atoms with Crippen LogP contribution in [0.3, 0.4) is 0 Å². The SMILES string of the molecule is CC1CCN(CC2CCC(=O)N2)C1C(=O)O. The van der Waals surface area contributed by atoms with E-state index in [4.69, 9.17) is 5.11 Å². The molecule has 2 N–H and O–H groups in total. The summed E-state index contributed by atoms with van der Waals surface area (Å²) >= 11 is 0. The fourth-order valence-electron chi connectivity index (χ4n) is 2.73. The summed E-state index contributed by atoms with van der Waals surface area (Å²) in [5, 5.41) is 12.0. The van der Waals surface area contributed by atoms with Crippen LogP contribution in [0.4, 0.5) is 0 Å². The van der Waals surface area contributed by atoms with Crippen molar-refractivity contribution >= 4 is 11.9 Å². The lowest BCUT2D eigenvalue weighted by atomic mass is 10.0. The highest BCUT2D eigenvalue weighted by Gasteiger charge is 2.38. The number of hydrogen-bond acceptors (Lipinski definition) is 3. The van der Waals surface area contributed by atoms with Crippen molar-refractivity contribution in [1.82, 2.24) is 10.2 Å². The first-order valence-electron chi connectivity index (χ1n) is 5.84. The number of carbonyl (C=O) groups excluding carboxylic acids is 1. The van der Waals surface area contributed by atoms with Crippen LogP contribution >= 0.6 is 0 Å². The minimum absolute atomic E-state index is 0.0871. The Morgan fingerprint density at radius 1 is 1.56 bits per heavy atom. The van der Waals surface area contributed by atoms with E-state index >= 15 is 0 Å². The van der Waals surface area contributed by atoms with E-state index in [1.165, 1.54) is 0 Å². The molecule has 0 radical (unpaired) electrons. The Morgan fingerprint density at radius 3 is 2.88 bits per heavy atom. The van der Waals surface area contributed by atoms with Crippen molar-refractivity contribution in [3.63, 3.8) is 0 Å². The van der Waals surface area contributed by atoms with Gasteiger partial charge >= 0.3 is 5.97 Å². The molecule has 0 aromatic carbocycles. The molecule has 5 heteroatoms. The molecule has 2 rings (SSSR count). The first-order valence-corrected chi connectivity index (χ1v) is 5.84. The summed E-state index contributed by atoms with van der Waals surface area (Å²) in [5.41, 5.74) is 0. The second kappa shape index (κ2) is 4.41. The second-order valence-electron chi connectivity index (χ2n) is 4.85. The monoisotopic (exact) mass is 226 g/mol. The van der Waals surface area contributed by atoms with E-state index in [9.17, 15) is 9.59 Å². The lowest BCUT2D eigenvalue weighted by molar-refractivity contribution is -0.143. The lowest BCUT2D eigenvalue weighted by Crippen LogP contribution is -2.45. The first kappa shape index (κ1) is 11.4. The van der Waals surface area contributed by atoms with Crippen LogP contribution in [0.1, 0.15) is 26.2 Å². The van der Waals surface area contributed by atoms with E-state index < -0.39 is 5.97 Å². The van der Waals surface area contributed by atoms with Crippen LogP contribution < -0.4 is 5.32 Å². The predicted molar refractivity (Wildman–Crippen MR) is 57.9 cm³/mol. The number of nitrogens with zero attached hydrogens (tertiary/aromatic N) is 1. The summed E-state index contributed by atoms with van der Waals surface area (Å²) < 4.78 is 0. The van der Waals surface area contributed by atoms with Gasteiger partial charge in [-0.1, -0.05) is 6.92 Å². The van der Waals surface area contributed by atoms with Gasteiger partial charge in [-0.25, -0.2) is 0 Å². The molecule has 0 aliphatic carbocycles. The number of rotatable bonds is 3. The second-order valence-corrected chi connectivity index (χ2v) is 4.85. The summed E-state index contributed by atoms with van der Waals surface area (Å²) in [5.74, 6) is -0.451. The first-order chi connectivity index (χ1) is 7.58. The van der Waals surface area contributed by atoms with Crippen molar-refractivity contribution < 1.29 is 14.7 Å². The van der Waals surface area contributed by atoms with Crippen LogP contribution in [-0.4, -0.2) is 47.1 Å². The molecular formula is C11H18N2O3. The molecule has 3 unspecified atom stereocenters. The van der Waals surface area contributed by atoms with Gasteiger partial charge in [0.15, 0.2) is 0 Å². The normalized spacial score (nSPS) is 35.3. The highest BCUT2D eigenvalue weighted by molar-refractivity contribution is 5.78. The van der Waals surface area contributed by atoms with E-state index in [0.717, 1.165) is 19.4 Å². The molecule has 90 valence electrons. The summed E-state index contributed by atoms with van der Waals surface area (Å²) in [6, 6.07) is -0.239. The van der Waals surface area contributed by atoms with Crippen LogP contribution in [0.5, 0.6) is 0 Å². The van der Waals surface area contributed by atoms with E-state index in [1.54, 1.807) is 0 Å². The summed E-state index contributed by atoms with van der Waals surface area (Å²) in [4.78, 5) is 24.2. The fourth-order valence-corrected chi connectivity index (χ4v) is 2.73. The molecule has 3 atom stereocenters. The maximum Gasteiger partial charge on any atom is 0.321 e. The number of aliphatic carboxylic acids is 1. The number of nitrogens with one attached hydrogen (secondary N) is 1. The fraction of sp³-hybridized carbons (Fsp3) is 0.818. The van der Waals surface area contributed by atoms with Crippen LogP contribution in [-0.2, 0) is 9.59 Å². The summed E-state index contributed by atoms with van der Waals surface area (Å²) in [6.45, 7) is 3.48.